The quantitative estimate of drug-likeness (QED) is 0.682. The number of benzene rings is 1. The summed E-state index contributed by atoms with van der Waals surface area (Å²) < 4.78 is 0. The normalized spacial score (nSPS) is 20.1. The van der Waals surface area contributed by atoms with E-state index in [1.165, 1.54) is 18.4 Å². The second-order valence-electron chi connectivity index (χ2n) is 7.36. The molecule has 0 bridgehead atoms. The third kappa shape index (κ3) is 3.69. The number of hydrogen-bond acceptors (Lipinski definition) is 1. The summed E-state index contributed by atoms with van der Waals surface area (Å²) in [5, 5.41) is 1.45. The summed E-state index contributed by atoms with van der Waals surface area (Å²) >= 11 is 12.1. The Morgan fingerprint density at radius 3 is 2.00 bits per heavy atom. The van der Waals surface area contributed by atoms with Gasteiger partial charge in [-0.05, 0) is 60.5 Å². The molecule has 0 atom stereocenters. The minimum Gasteiger partial charge on any atom is -0.299 e. The van der Waals surface area contributed by atoms with Gasteiger partial charge in [-0.25, -0.2) is 0 Å². The van der Waals surface area contributed by atoms with E-state index in [0.717, 1.165) is 29.7 Å². The molecule has 3 heteroatoms. The van der Waals surface area contributed by atoms with Crippen molar-refractivity contribution in [1.29, 1.82) is 0 Å². The van der Waals surface area contributed by atoms with Crippen LogP contribution in [0, 0.1) is 10.8 Å². The Hall–Kier alpha value is -0.240. The van der Waals surface area contributed by atoms with Crippen LogP contribution in [0.2, 0.25) is 10.0 Å². The van der Waals surface area contributed by atoms with Gasteiger partial charge in [0.1, 0.15) is 0 Å². The minimum absolute atomic E-state index is 0.373. The van der Waals surface area contributed by atoms with Crippen LogP contribution in [-0.4, -0.2) is 18.0 Å². The van der Waals surface area contributed by atoms with E-state index in [4.69, 9.17) is 23.2 Å². The summed E-state index contributed by atoms with van der Waals surface area (Å²) in [5.41, 5.74) is 2.02. The first kappa shape index (κ1) is 16.1. The maximum atomic E-state index is 6.07. The molecule has 1 nitrogen and oxygen atoms in total. The zero-order chi connectivity index (χ0) is 15.0. The third-order valence-electron chi connectivity index (χ3n) is 5.10. The monoisotopic (exact) mass is 313 g/mol. The summed E-state index contributed by atoms with van der Waals surface area (Å²) in [4.78, 5) is 2.51. The van der Waals surface area contributed by atoms with Crippen molar-refractivity contribution >= 4 is 23.2 Å². The third-order valence-corrected chi connectivity index (χ3v) is 5.54. The van der Waals surface area contributed by atoms with Crippen LogP contribution in [0.3, 0.4) is 0 Å². The predicted octanol–water partition coefficient (Wildman–Crippen LogP) is 5.64. The standard InChI is InChI=1S/C17H25Cl2N/c1-16(2,3)17(4)5-7-20(8-6-17)12-13-9-14(18)11-15(19)10-13/h9-11H,5-8,12H2,1-4H3. The number of nitrogens with zero attached hydrogens (tertiary/aromatic N) is 1. The summed E-state index contributed by atoms with van der Waals surface area (Å²) in [6.07, 6.45) is 2.51. The second-order valence-corrected chi connectivity index (χ2v) is 8.24. The lowest BCUT2D eigenvalue weighted by molar-refractivity contribution is 0.0198. The van der Waals surface area contributed by atoms with Gasteiger partial charge in [0, 0.05) is 16.6 Å². The zero-order valence-electron chi connectivity index (χ0n) is 13.0. The van der Waals surface area contributed by atoms with Gasteiger partial charge < -0.3 is 0 Å². The fourth-order valence-electron chi connectivity index (χ4n) is 2.92. The van der Waals surface area contributed by atoms with Gasteiger partial charge in [0.05, 0.1) is 0 Å². The van der Waals surface area contributed by atoms with Crippen LogP contribution in [0.25, 0.3) is 0 Å². The molecule has 1 saturated heterocycles. The molecule has 1 aromatic carbocycles. The fraction of sp³-hybridized carbons (Fsp3) is 0.647. The Balaban J connectivity index is 1.98. The molecule has 1 aliphatic heterocycles. The molecule has 0 amide bonds. The van der Waals surface area contributed by atoms with E-state index in [0.29, 0.717) is 10.8 Å². The highest BCUT2D eigenvalue weighted by Crippen LogP contribution is 2.46. The number of rotatable bonds is 2. The molecule has 0 unspecified atom stereocenters. The maximum Gasteiger partial charge on any atom is 0.0424 e. The van der Waals surface area contributed by atoms with Crippen molar-refractivity contribution in [3.8, 4) is 0 Å². The lowest BCUT2D eigenvalue weighted by Crippen LogP contribution is -2.44. The smallest absolute Gasteiger partial charge is 0.0424 e. The van der Waals surface area contributed by atoms with Crippen LogP contribution in [0.4, 0.5) is 0 Å². The van der Waals surface area contributed by atoms with Gasteiger partial charge in [-0.1, -0.05) is 50.9 Å². The van der Waals surface area contributed by atoms with Crippen molar-refractivity contribution in [2.24, 2.45) is 10.8 Å². The van der Waals surface area contributed by atoms with Crippen LogP contribution in [0.1, 0.15) is 46.1 Å². The molecule has 0 radical (unpaired) electrons. The molecule has 112 valence electrons. The number of halogens is 2. The predicted molar refractivity (Wildman–Crippen MR) is 88.5 cm³/mol. The van der Waals surface area contributed by atoms with Crippen molar-refractivity contribution in [3.63, 3.8) is 0 Å². The van der Waals surface area contributed by atoms with Gasteiger partial charge in [-0.2, -0.15) is 0 Å². The fourth-order valence-corrected chi connectivity index (χ4v) is 3.49. The number of piperidine rings is 1. The average Bonchev–Trinajstić information content (AvgIpc) is 2.29. The first-order chi connectivity index (χ1) is 9.19. The molecule has 0 aromatic heterocycles. The molecule has 1 aliphatic rings. The van der Waals surface area contributed by atoms with Crippen molar-refractivity contribution in [2.45, 2.75) is 47.1 Å². The summed E-state index contributed by atoms with van der Waals surface area (Å²) in [6, 6.07) is 5.83. The Labute approximate surface area is 133 Å². The first-order valence-corrected chi connectivity index (χ1v) is 8.13. The van der Waals surface area contributed by atoms with Crippen LogP contribution in [-0.2, 0) is 6.54 Å². The van der Waals surface area contributed by atoms with Gasteiger partial charge in [0.25, 0.3) is 0 Å². The summed E-state index contributed by atoms with van der Waals surface area (Å²) in [5.74, 6) is 0. The first-order valence-electron chi connectivity index (χ1n) is 7.37. The van der Waals surface area contributed by atoms with E-state index < -0.39 is 0 Å². The molecule has 1 aromatic rings. The van der Waals surface area contributed by atoms with Crippen LogP contribution < -0.4 is 0 Å². The molecule has 20 heavy (non-hydrogen) atoms. The average molecular weight is 314 g/mol. The lowest BCUT2D eigenvalue weighted by Gasteiger charge is -2.48. The molecular formula is C17H25Cl2N. The maximum absolute atomic E-state index is 6.07. The molecule has 0 aliphatic carbocycles. The topological polar surface area (TPSA) is 3.24 Å². The Kier molecular flexibility index (Phi) is 4.73. The molecule has 0 saturated carbocycles. The van der Waals surface area contributed by atoms with Crippen molar-refractivity contribution < 1.29 is 0 Å². The lowest BCUT2D eigenvalue weighted by atomic mass is 9.63. The van der Waals surface area contributed by atoms with E-state index in [1.807, 2.05) is 12.1 Å². The van der Waals surface area contributed by atoms with E-state index in [2.05, 4.69) is 32.6 Å². The molecule has 0 N–H and O–H groups in total. The van der Waals surface area contributed by atoms with Gasteiger partial charge >= 0.3 is 0 Å². The van der Waals surface area contributed by atoms with Gasteiger partial charge in [-0.15, -0.1) is 0 Å². The minimum atomic E-state index is 0.373. The Morgan fingerprint density at radius 1 is 1.05 bits per heavy atom. The molecule has 1 fully saturated rings. The molecule has 1 heterocycles. The highest BCUT2D eigenvalue weighted by Gasteiger charge is 2.39. The zero-order valence-corrected chi connectivity index (χ0v) is 14.5. The highest BCUT2D eigenvalue weighted by atomic mass is 35.5. The second kappa shape index (κ2) is 5.87. The van der Waals surface area contributed by atoms with E-state index in [9.17, 15) is 0 Å². The highest BCUT2D eigenvalue weighted by molar-refractivity contribution is 6.34. The van der Waals surface area contributed by atoms with E-state index in [1.54, 1.807) is 6.07 Å². The Bertz CT molecular complexity index is 448. The SMILES string of the molecule is CC(C)(C)C1(C)CCN(Cc2cc(Cl)cc(Cl)c2)CC1. The summed E-state index contributed by atoms with van der Waals surface area (Å²) in [7, 11) is 0. The molecule has 0 spiro atoms. The van der Waals surface area contributed by atoms with Gasteiger partial charge in [-0.3, -0.25) is 4.90 Å². The number of likely N-dealkylation sites (tertiary alicyclic amines) is 1. The molecule has 2 rings (SSSR count). The summed E-state index contributed by atoms with van der Waals surface area (Å²) in [6.45, 7) is 12.8. The Morgan fingerprint density at radius 2 is 1.55 bits per heavy atom. The van der Waals surface area contributed by atoms with E-state index >= 15 is 0 Å². The van der Waals surface area contributed by atoms with Crippen molar-refractivity contribution in [2.75, 3.05) is 13.1 Å². The largest absolute Gasteiger partial charge is 0.299 e. The van der Waals surface area contributed by atoms with Crippen molar-refractivity contribution in [3.05, 3.63) is 33.8 Å². The van der Waals surface area contributed by atoms with Crippen LogP contribution >= 0.6 is 23.2 Å². The van der Waals surface area contributed by atoms with Gasteiger partial charge in [0.2, 0.25) is 0 Å². The van der Waals surface area contributed by atoms with Crippen molar-refractivity contribution in [1.82, 2.24) is 4.90 Å². The van der Waals surface area contributed by atoms with Crippen LogP contribution in [0.15, 0.2) is 18.2 Å². The van der Waals surface area contributed by atoms with E-state index in [-0.39, 0.29) is 0 Å². The molecular weight excluding hydrogens is 289 g/mol. The number of hydrogen-bond donors (Lipinski definition) is 0. The van der Waals surface area contributed by atoms with Gasteiger partial charge in [0.15, 0.2) is 0 Å². The van der Waals surface area contributed by atoms with Crippen LogP contribution in [0.5, 0.6) is 0 Å².